The Balaban J connectivity index is 1.37. The van der Waals surface area contributed by atoms with Crippen LogP contribution >= 0.6 is 0 Å². The lowest BCUT2D eigenvalue weighted by Gasteiger charge is -2.54. The fourth-order valence-electron chi connectivity index (χ4n) is 7.51. The SMILES string of the molecule is C1=CC(c2ccccc2)=c2[nH]c(C=NC34CC5CC(CC(C5)C3)C4)nc2=C(c2ccccc2)C1. The maximum atomic E-state index is 5.29. The lowest BCUT2D eigenvalue weighted by molar-refractivity contribution is 0.00193. The highest BCUT2D eigenvalue weighted by Gasteiger charge is 2.50. The first-order valence-electron chi connectivity index (χ1n) is 12.9. The van der Waals surface area contributed by atoms with Crippen molar-refractivity contribution >= 4 is 17.4 Å². The fraction of sp³-hybridized carbons (Fsp3) is 0.355. The number of hydrogen-bond donors (Lipinski definition) is 1. The van der Waals surface area contributed by atoms with E-state index in [9.17, 15) is 0 Å². The van der Waals surface area contributed by atoms with Gasteiger partial charge >= 0.3 is 0 Å². The van der Waals surface area contributed by atoms with Crippen molar-refractivity contribution < 1.29 is 0 Å². The van der Waals surface area contributed by atoms with Gasteiger partial charge in [0.1, 0.15) is 5.82 Å². The summed E-state index contributed by atoms with van der Waals surface area (Å²) in [7, 11) is 0. The van der Waals surface area contributed by atoms with Gasteiger partial charge in [-0.15, -0.1) is 0 Å². The van der Waals surface area contributed by atoms with E-state index in [1.807, 2.05) is 0 Å². The van der Waals surface area contributed by atoms with Crippen molar-refractivity contribution in [2.75, 3.05) is 0 Å². The predicted octanol–water partition coefficient (Wildman–Crippen LogP) is 5.16. The molecule has 3 aromatic rings. The second kappa shape index (κ2) is 7.94. The van der Waals surface area contributed by atoms with Crippen molar-refractivity contribution in [3.63, 3.8) is 0 Å². The first-order chi connectivity index (χ1) is 16.7. The van der Waals surface area contributed by atoms with Crippen LogP contribution in [0.3, 0.4) is 0 Å². The van der Waals surface area contributed by atoms with Gasteiger partial charge < -0.3 is 4.98 Å². The van der Waals surface area contributed by atoms with Crippen LogP contribution in [0.5, 0.6) is 0 Å². The Kier molecular flexibility index (Phi) is 4.72. The van der Waals surface area contributed by atoms with Crippen molar-refractivity contribution in [1.82, 2.24) is 9.97 Å². The number of hydrogen-bond acceptors (Lipinski definition) is 2. The van der Waals surface area contributed by atoms with Gasteiger partial charge in [0, 0.05) is 5.57 Å². The predicted molar refractivity (Wildman–Crippen MR) is 138 cm³/mol. The zero-order chi connectivity index (χ0) is 22.5. The van der Waals surface area contributed by atoms with Crippen LogP contribution in [0.1, 0.15) is 61.9 Å². The Hall–Kier alpha value is -3.20. The summed E-state index contributed by atoms with van der Waals surface area (Å²) in [6.07, 6.45) is 15.6. The fourth-order valence-corrected chi connectivity index (χ4v) is 7.51. The standard InChI is InChI=1S/C31H31N3/c1-3-8-24(9-4-1)26-12-7-13-27(25-10-5-2-6-11-25)30-29(26)33-28(34-30)20-32-31-17-21-14-22(18-31)16-23(15-21)19-31/h1-12,20-23H,13-19H2,(H,33,34). The summed E-state index contributed by atoms with van der Waals surface area (Å²) < 4.78 is 0. The molecule has 4 bridgehead atoms. The summed E-state index contributed by atoms with van der Waals surface area (Å²) in [5, 5.41) is 2.16. The van der Waals surface area contributed by atoms with Gasteiger partial charge in [0.25, 0.3) is 0 Å². The number of rotatable bonds is 4. The molecule has 0 aliphatic heterocycles. The topological polar surface area (TPSA) is 41.0 Å². The number of aliphatic imine (C=N–C) groups is 1. The first kappa shape index (κ1) is 20.2. The maximum absolute atomic E-state index is 5.29. The average Bonchev–Trinajstić information content (AvgIpc) is 3.19. The molecule has 8 rings (SSSR count). The van der Waals surface area contributed by atoms with Crippen LogP contribution in [0.4, 0.5) is 0 Å². The number of nitrogens with one attached hydrogen (secondary N) is 1. The number of allylic oxidation sites excluding steroid dienone is 2. The zero-order valence-electron chi connectivity index (χ0n) is 19.6. The van der Waals surface area contributed by atoms with E-state index < -0.39 is 0 Å². The highest BCUT2D eigenvalue weighted by Crippen LogP contribution is 2.57. The molecule has 1 N–H and O–H groups in total. The molecule has 0 unspecified atom stereocenters. The van der Waals surface area contributed by atoms with Crippen LogP contribution in [0.2, 0.25) is 0 Å². The third-order valence-electron chi connectivity index (χ3n) is 8.56. The molecule has 0 saturated heterocycles. The van der Waals surface area contributed by atoms with E-state index in [1.54, 1.807) is 0 Å². The van der Waals surface area contributed by atoms with Crippen molar-refractivity contribution in [2.24, 2.45) is 22.7 Å². The molecular formula is C31H31N3. The highest BCUT2D eigenvalue weighted by molar-refractivity contribution is 5.80. The molecule has 5 aliphatic rings. The molecule has 0 spiro atoms. The van der Waals surface area contributed by atoms with Gasteiger partial charge in [-0.3, -0.25) is 4.99 Å². The molecule has 0 atom stereocenters. The molecule has 0 radical (unpaired) electrons. The molecule has 5 aliphatic carbocycles. The van der Waals surface area contributed by atoms with Gasteiger partial charge in [-0.05, 0) is 79.4 Å². The molecule has 3 nitrogen and oxygen atoms in total. The van der Waals surface area contributed by atoms with Crippen LogP contribution < -0.4 is 10.7 Å². The molecule has 170 valence electrons. The largest absolute Gasteiger partial charge is 0.337 e. The lowest BCUT2D eigenvalue weighted by atomic mass is 9.53. The van der Waals surface area contributed by atoms with Crippen molar-refractivity contribution in [3.8, 4) is 0 Å². The van der Waals surface area contributed by atoms with E-state index in [0.717, 1.165) is 40.7 Å². The quantitative estimate of drug-likeness (QED) is 0.554. The minimum absolute atomic E-state index is 0.163. The monoisotopic (exact) mass is 445 g/mol. The van der Waals surface area contributed by atoms with E-state index in [1.165, 1.54) is 60.8 Å². The molecule has 34 heavy (non-hydrogen) atoms. The lowest BCUT2D eigenvalue weighted by Crippen LogP contribution is -2.49. The zero-order valence-corrected chi connectivity index (χ0v) is 19.6. The number of fused-ring (bicyclic) bond motifs is 1. The van der Waals surface area contributed by atoms with E-state index in [-0.39, 0.29) is 5.54 Å². The Morgan fingerprint density at radius 1 is 0.824 bits per heavy atom. The summed E-state index contributed by atoms with van der Waals surface area (Å²) >= 11 is 0. The molecule has 3 heteroatoms. The first-order valence-corrected chi connectivity index (χ1v) is 12.9. The summed E-state index contributed by atoms with van der Waals surface area (Å²) in [6, 6.07) is 21.3. The second-order valence-corrected chi connectivity index (χ2v) is 11.0. The third kappa shape index (κ3) is 3.50. The van der Waals surface area contributed by atoms with Gasteiger partial charge in [0.15, 0.2) is 0 Å². The molecule has 2 aromatic carbocycles. The van der Waals surface area contributed by atoms with Crippen molar-refractivity contribution in [3.05, 3.63) is 100 Å². The van der Waals surface area contributed by atoms with Gasteiger partial charge in [0.05, 0.1) is 22.5 Å². The Morgan fingerprint density at radius 2 is 1.44 bits per heavy atom. The molecule has 1 heterocycles. The second-order valence-electron chi connectivity index (χ2n) is 11.0. The van der Waals surface area contributed by atoms with Gasteiger partial charge in [0.2, 0.25) is 0 Å². The number of imidazole rings is 1. The van der Waals surface area contributed by atoms with Gasteiger partial charge in [-0.1, -0.05) is 72.8 Å². The molecular weight excluding hydrogens is 414 g/mol. The average molecular weight is 446 g/mol. The third-order valence-corrected chi connectivity index (χ3v) is 8.56. The summed E-state index contributed by atoms with van der Waals surface area (Å²) in [5.74, 6) is 3.59. The Labute approximate surface area is 201 Å². The minimum atomic E-state index is 0.163. The number of aromatic amines is 1. The van der Waals surface area contributed by atoms with Crippen LogP contribution in [-0.2, 0) is 0 Å². The summed E-state index contributed by atoms with van der Waals surface area (Å²) in [4.78, 5) is 14.1. The van der Waals surface area contributed by atoms with Crippen LogP contribution in [0.15, 0.2) is 77.8 Å². The highest BCUT2D eigenvalue weighted by atomic mass is 15.0. The maximum Gasteiger partial charge on any atom is 0.149 e. The summed E-state index contributed by atoms with van der Waals surface area (Å²) in [6.45, 7) is 0. The van der Waals surface area contributed by atoms with Crippen LogP contribution in [0, 0.1) is 17.8 Å². The number of aromatic nitrogens is 2. The molecule has 4 fully saturated rings. The summed E-state index contributed by atoms with van der Waals surface area (Å²) in [5.41, 5.74) is 5.07. The van der Waals surface area contributed by atoms with Gasteiger partial charge in [-0.25, -0.2) is 4.98 Å². The normalized spacial score (nSPS) is 29.6. The van der Waals surface area contributed by atoms with Crippen molar-refractivity contribution in [2.45, 2.75) is 50.5 Å². The Morgan fingerprint density at radius 3 is 2.09 bits per heavy atom. The van der Waals surface area contributed by atoms with Crippen molar-refractivity contribution in [1.29, 1.82) is 0 Å². The minimum Gasteiger partial charge on any atom is -0.337 e. The molecule has 1 aromatic heterocycles. The number of benzene rings is 2. The van der Waals surface area contributed by atoms with E-state index in [0.29, 0.717) is 0 Å². The van der Waals surface area contributed by atoms with Crippen LogP contribution in [0.25, 0.3) is 11.1 Å². The van der Waals surface area contributed by atoms with E-state index >= 15 is 0 Å². The molecule has 4 saturated carbocycles. The Bertz CT molecular complexity index is 1360. The van der Waals surface area contributed by atoms with E-state index in [2.05, 4.69) is 84.0 Å². The smallest absolute Gasteiger partial charge is 0.149 e. The van der Waals surface area contributed by atoms with Gasteiger partial charge in [-0.2, -0.15) is 0 Å². The molecule has 0 amide bonds. The van der Waals surface area contributed by atoms with Crippen LogP contribution in [-0.4, -0.2) is 21.7 Å². The van der Waals surface area contributed by atoms with E-state index in [4.69, 9.17) is 9.98 Å². The number of H-pyrrole nitrogens is 1. The number of nitrogens with zero attached hydrogens (tertiary/aromatic N) is 2.